The van der Waals surface area contributed by atoms with E-state index in [-0.39, 0.29) is 42.0 Å². The van der Waals surface area contributed by atoms with Crippen molar-refractivity contribution in [3.63, 3.8) is 0 Å². The molecule has 0 atom stereocenters. The van der Waals surface area contributed by atoms with Gasteiger partial charge in [0, 0.05) is 16.6 Å². The van der Waals surface area contributed by atoms with Crippen molar-refractivity contribution in [2.24, 2.45) is 0 Å². The number of nitrogens with zero attached hydrogens (tertiary/aromatic N) is 4. The van der Waals surface area contributed by atoms with E-state index in [1.807, 2.05) is 0 Å². The Morgan fingerprint density at radius 3 is 2.65 bits per heavy atom. The molecule has 0 aliphatic heterocycles. The van der Waals surface area contributed by atoms with Crippen molar-refractivity contribution >= 4 is 49.9 Å². The van der Waals surface area contributed by atoms with Gasteiger partial charge in [-0.2, -0.15) is 0 Å². The molecule has 0 fully saturated rings. The quantitative estimate of drug-likeness (QED) is 0.311. The Hall–Kier alpha value is -3.38. The third kappa shape index (κ3) is 6.35. The molecule has 10 nitrogen and oxygen atoms in total. The van der Waals surface area contributed by atoms with Crippen molar-refractivity contribution in [3.05, 3.63) is 57.1 Å². The van der Waals surface area contributed by atoms with Gasteiger partial charge in [-0.3, -0.25) is 14.9 Å². The molecular formula is C22H24BrFN6O4. The number of aromatic nitrogens is 2. The first kappa shape index (κ1) is 25.2. The first-order valence-electron chi connectivity index (χ1n) is 10.2. The van der Waals surface area contributed by atoms with Crippen LogP contribution in [0, 0.1) is 15.9 Å². The summed E-state index contributed by atoms with van der Waals surface area (Å²) in [7, 11) is 3.55. The number of hydrogen-bond donors (Lipinski definition) is 2. The molecule has 0 bridgehead atoms. The van der Waals surface area contributed by atoms with Gasteiger partial charge in [0.1, 0.15) is 24.6 Å². The number of fused-ring (bicyclic) bond motifs is 1. The number of nitro groups is 1. The summed E-state index contributed by atoms with van der Waals surface area (Å²) < 4.78 is 20.6. The second-order valence-corrected chi connectivity index (χ2v) is 9.44. The first-order chi connectivity index (χ1) is 15.9. The summed E-state index contributed by atoms with van der Waals surface area (Å²) in [5.74, 6) is -0.520. The Kier molecular flexibility index (Phi) is 7.62. The van der Waals surface area contributed by atoms with Gasteiger partial charge in [0.05, 0.1) is 33.6 Å². The molecule has 0 unspecified atom stereocenters. The zero-order valence-corrected chi connectivity index (χ0v) is 20.6. The van der Waals surface area contributed by atoms with Crippen LogP contribution in [0.25, 0.3) is 10.9 Å². The number of carbonyl (C=O) groups is 1. The van der Waals surface area contributed by atoms with Crippen LogP contribution in [0.3, 0.4) is 0 Å². The largest absolute Gasteiger partial charge is 0.484 e. The number of amides is 1. The molecule has 3 aromatic rings. The summed E-state index contributed by atoms with van der Waals surface area (Å²) >= 11 is 3.20. The molecule has 2 N–H and O–H groups in total. The molecule has 180 valence electrons. The van der Waals surface area contributed by atoms with Crippen LogP contribution in [0.15, 0.2) is 41.1 Å². The van der Waals surface area contributed by atoms with Crippen LogP contribution in [-0.4, -0.2) is 58.5 Å². The van der Waals surface area contributed by atoms with Crippen LogP contribution in [0.4, 0.5) is 21.6 Å². The normalized spacial score (nSPS) is 11.5. The van der Waals surface area contributed by atoms with Gasteiger partial charge in [-0.05, 0) is 46.1 Å². The van der Waals surface area contributed by atoms with Crippen molar-refractivity contribution in [2.45, 2.75) is 19.4 Å². The number of benzene rings is 2. The zero-order valence-electron chi connectivity index (χ0n) is 19.1. The van der Waals surface area contributed by atoms with E-state index in [9.17, 15) is 19.3 Å². The fraction of sp³-hybridized carbons (Fsp3) is 0.318. The molecule has 0 saturated carbocycles. The van der Waals surface area contributed by atoms with Gasteiger partial charge < -0.3 is 20.3 Å². The number of ether oxygens (including phenoxy) is 1. The van der Waals surface area contributed by atoms with Crippen molar-refractivity contribution in [3.8, 4) is 5.75 Å². The topological polar surface area (TPSA) is 123 Å². The predicted molar refractivity (Wildman–Crippen MR) is 130 cm³/mol. The van der Waals surface area contributed by atoms with Gasteiger partial charge in [-0.15, -0.1) is 0 Å². The van der Waals surface area contributed by atoms with Gasteiger partial charge in [-0.25, -0.2) is 14.4 Å². The standard InChI is InChI=1S/C22H24BrFN6O4/c1-22(2,28-20(31)10-29(3)4)11-34-19-9-17-14(8-18(19)30(32)33)21(26-12-25-17)27-16-6-5-13(23)7-15(16)24/h5-9,12H,10-11H2,1-4H3,(H,28,31)(H,25,26,27). The third-order valence-corrected chi connectivity index (χ3v) is 5.12. The van der Waals surface area contributed by atoms with Crippen molar-refractivity contribution < 1.29 is 18.8 Å². The maximum absolute atomic E-state index is 14.3. The van der Waals surface area contributed by atoms with Gasteiger partial charge >= 0.3 is 5.69 Å². The Morgan fingerprint density at radius 2 is 2.00 bits per heavy atom. The van der Waals surface area contributed by atoms with Crippen LogP contribution in [0.1, 0.15) is 13.8 Å². The summed E-state index contributed by atoms with van der Waals surface area (Å²) in [6, 6.07) is 7.17. The highest BCUT2D eigenvalue weighted by molar-refractivity contribution is 9.10. The van der Waals surface area contributed by atoms with Crippen LogP contribution in [-0.2, 0) is 4.79 Å². The lowest BCUT2D eigenvalue weighted by Gasteiger charge is -2.27. The second kappa shape index (κ2) is 10.3. The van der Waals surface area contributed by atoms with E-state index in [0.29, 0.717) is 15.4 Å². The van der Waals surface area contributed by atoms with Crippen LogP contribution in [0.5, 0.6) is 5.75 Å². The van der Waals surface area contributed by atoms with Gasteiger partial charge in [0.2, 0.25) is 5.91 Å². The van der Waals surface area contributed by atoms with E-state index in [1.165, 1.54) is 30.6 Å². The molecule has 12 heteroatoms. The number of hydrogen-bond acceptors (Lipinski definition) is 8. The van der Waals surface area contributed by atoms with Gasteiger partial charge in [0.25, 0.3) is 0 Å². The minimum atomic E-state index is -0.784. The fourth-order valence-electron chi connectivity index (χ4n) is 3.15. The summed E-state index contributed by atoms with van der Waals surface area (Å²) in [6.45, 7) is 3.69. The predicted octanol–water partition coefficient (Wildman–Crippen LogP) is 4.02. The molecule has 0 radical (unpaired) electrons. The third-order valence-electron chi connectivity index (χ3n) is 4.62. The average molecular weight is 535 g/mol. The molecule has 34 heavy (non-hydrogen) atoms. The van der Waals surface area contributed by atoms with E-state index < -0.39 is 16.3 Å². The van der Waals surface area contributed by atoms with Crippen molar-refractivity contribution in [1.29, 1.82) is 0 Å². The lowest BCUT2D eigenvalue weighted by Crippen LogP contribution is -2.50. The number of halogens is 2. The van der Waals surface area contributed by atoms with E-state index >= 15 is 0 Å². The highest BCUT2D eigenvalue weighted by atomic mass is 79.9. The van der Waals surface area contributed by atoms with Crippen molar-refractivity contribution in [1.82, 2.24) is 20.2 Å². The highest BCUT2D eigenvalue weighted by Crippen LogP contribution is 2.35. The molecule has 0 saturated heterocycles. The molecule has 0 aliphatic rings. The molecule has 3 rings (SSSR count). The lowest BCUT2D eigenvalue weighted by atomic mass is 10.1. The minimum absolute atomic E-state index is 0.00749. The number of carbonyl (C=O) groups excluding carboxylic acids is 1. The minimum Gasteiger partial charge on any atom is -0.484 e. The summed E-state index contributed by atoms with van der Waals surface area (Å²) in [4.78, 5) is 33.3. The smallest absolute Gasteiger partial charge is 0.311 e. The summed E-state index contributed by atoms with van der Waals surface area (Å²) in [5, 5.41) is 17.8. The zero-order chi connectivity index (χ0) is 25.0. The highest BCUT2D eigenvalue weighted by Gasteiger charge is 2.25. The molecule has 1 aromatic heterocycles. The number of anilines is 2. The van der Waals surface area contributed by atoms with Crippen LogP contribution < -0.4 is 15.4 Å². The Bertz CT molecular complexity index is 1240. The van der Waals surface area contributed by atoms with Gasteiger partial charge in [0.15, 0.2) is 5.75 Å². The lowest BCUT2D eigenvalue weighted by molar-refractivity contribution is -0.385. The molecule has 0 spiro atoms. The summed E-state index contributed by atoms with van der Waals surface area (Å²) in [6.07, 6.45) is 1.27. The second-order valence-electron chi connectivity index (χ2n) is 8.52. The first-order valence-corrected chi connectivity index (χ1v) is 11.0. The average Bonchev–Trinajstić information content (AvgIpc) is 2.72. The van der Waals surface area contributed by atoms with E-state index in [0.717, 1.165) is 0 Å². The fourth-order valence-corrected chi connectivity index (χ4v) is 3.48. The number of nitrogens with one attached hydrogen (secondary N) is 2. The molecule has 1 heterocycles. The maximum atomic E-state index is 14.3. The Morgan fingerprint density at radius 1 is 1.26 bits per heavy atom. The Labute approximate surface area is 203 Å². The molecular weight excluding hydrogens is 511 g/mol. The van der Waals surface area contributed by atoms with Crippen LogP contribution in [0.2, 0.25) is 0 Å². The summed E-state index contributed by atoms with van der Waals surface area (Å²) in [5.41, 5.74) is -0.573. The van der Waals surface area contributed by atoms with E-state index in [2.05, 4.69) is 36.5 Å². The SMILES string of the molecule is CN(C)CC(=O)NC(C)(C)COc1cc2ncnc(Nc3ccc(Br)cc3F)c2cc1[N+](=O)[O-]. The van der Waals surface area contributed by atoms with Crippen molar-refractivity contribution in [2.75, 3.05) is 32.6 Å². The monoisotopic (exact) mass is 534 g/mol. The van der Waals surface area contributed by atoms with Crippen LogP contribution >= 0.6 is 15.9 Å². The maximum Gasteiger partial charge on any atom is 0.311 e. The molecule has 1 amide bonds. The number of likely N-dealkylation sites (N-methyl/N-ethyl adjacent to an activating group) is 1. The number of rotatable bonds is 9. The van der Waals surface area contributed by atoms with Gasteiger partial charge in [-0.1, -0.05) is 15.9 Å². The number of nitro benzene ring substituents is 1. The van der Waals surface area contributed by atoms with E-state index in [4.69, 9.17) is 4.74 Å². The Balaban J connectivity index is 1.89. The van der Waals surface area contributed by atoms with E-state index in [1.54, 1.807) is 38.9 Å². The molecule has 0 aliphatic carbocycles. The molecule has 2 aromatic carbocycles.